The van der Waals surface area contributed by atoms with Gasteiger partial charge in [-0.3, -0.25) is 4.79 Å². The summed E-state index contributed by atoms with van der Waals surface area (Å²) in [4.78, 5) is 12.5. The van der Waals surface area contributed by atoms with Crippen LogP contribution in [0.2, 0.25) is 0 Å². The Morgan fingerprint density at radius 2 is 1.04 bits per heavy atom. The average Bonchev–Trinajstić information content (AvgIpc) is 2.60. The second kappa shape index (κ2) is 8.06. The zero-order chi connectivity index (χ0) is 20.9. The van der Waals surface area contributed by atoms with Gasteiger partial charge in [0.15, 0.2) is 12.9 Å². The van der Waals surface area contributed by atoms with Crippen molar-refractivity contribution in [3.63, 3.8) is 0 Å². The normalized spacial score (nSPS) is 13.5. The van der Waals surface area contributed by atoms with E-state index < -0.39 is 19.5 Å². The van der Waals surface area contributed by atoms with E-state index in [0.29, 0.717) is 0 Å². The minimum absolute atomic E-state index is 0.0921. The third-order valence-electron chi connectivity index (χ3n) is 3.07. The zero-order valence-corrected chi connectivity index (χ0v) is 18.8. The van der Waals surface area contributed by atoms with Gasteiger partial charge in [0.05, 0.1) is 0 Å². The summed E-state index contributed by atoms with van der Waals surface area (Å²) in [5.74, 6) is 0.0921. The molecule has 0 aliphatic carbocycles. The Hall–Kier alpha value is -1.54. The summed E-state index contributed by atoms with van der Waals surface area (Å²) in [5.41, 5.74) is 1.52. The molecule has 3 aromatic carbocycles. The first-order chi connectivity index (χ1) is 12.8. The van der Waals surface area contributed by atoms with Gasteiger partial charge in [0.1, 0.15) is 0 Å². The van der Waals surface area contributed by atoms with Gasteiger partial charge in [-0.2, -0.15) is 0 Å². The minimum atomic E-state index is -11.2. The maximum atomic E-state index is 12.5. The van der Waals surface area contributed by atoms with Crippen molar-refractivity contribution < 1.29 is 42.9 Å². The van der Waals surface area contributed by atoms with Crippen molar-refractivity contribution in [1.82, 2.24) is 0 Å². The molecule has 28 heavy (non-hydrogen) atoms. The maximum absolute atomic E-state index is 12.5. The Kier molecular flexibility index (Phi) is 6.55. The molecule has 9 heteroatoms. The van der Waals surface area contributed by atoms with Crippen LogP contribution in [-0.2, 0) is 0 Å². The fourth-order valence-corrected chi connectivity index (χ4v) is 4.42. The van der Waals surface area contributed by atoms with E-state index in [4.69, 9.17) is 0 Å². The predicted molar refractivity (Wildman–Crippen MR) is 92.6 cm³/mol. The Morgan fingerprint density at radius 1 is 0.607 bits per heavy atom. The second-order valence-corrected chi connectivity index (χ2v) is 14.1. The predicted octanol–water partition coefficient (Wildman–Crippen LogP) is 3.19. The van der Waals surface area contributed by atoms with E-state index in [0.717, 1.165) is 11.1 Å². The third-order valence-corrected chi connectivity index (χ3v) is 5.71. The Balaban J connectivity index is 0.000000345. The van der Waals surface area contributed by atoms with Gasteiger partial charge in [-0.15, -0.1) is 0 Å². The number of benzene rings is 3. The van der Waals surface area contributed by atoms with Crippen molar-refractivity contribution in [2.75, 3.05) is 0 Å². The van der Waals surface area contributed by atoms with Crippen LogP contribution in [-0.4, -0.2) is 25.3 Å². The second-order valence-electron chi connectivity index (χ2n) is 5.55. The van der Waals surface area contributed by atoms with Crippen molar-refractivity contribution >= 4 is 25.3 Å². The molecule has 0 amide bonds. The van der Waals surface area contributed by atoms with Gasteiger partial charge in [-0.25, -0.2) is 0 Å². The molecule has 0 spiro atoms. The summed E-state index contributed by atoms with van der Waals surface area (Å²) in [6.07, 6.45) is 0. The van der Waals surface area contributed by atoms with Gasteiger partial charge in [0, 0.05) is 17.2 Å². The summed E-state index contributed by atoms with van der Waals surface area (Å²) in [5, 5.41) is 0. The van der Waals surface area contributed by atoms with Gasteiger partial charge < -0.3 is 0 Å². The van der Waals surface area contributed by atoms with Crippen LogP contribution >= 0.6 is 0 Å². The van der Waals surface area contributed by atoms with Crippen LogP contribution in [0.3, 0.4) is 0 Å². The molecule has 0 unspecified atom stereocenters. The van der Waals surface area contributed by atoms with Gasteiger partial charge in [-0.1, -0.05) is 60.7 Å². The summed E-state index contributed by atoms with van der Waals surface area (Å²) >= 11 is -11.5. The number of ketones is 1. The van der Waals surface area contributed by atoms with E-state index >= 15 is 0 Å². The fourth-order valence-electron chi connectivity index (χ4n) is 2.05. The van der Waals surface area contributed by atoms with Crippen LogP contribution in [0.1, 0.15) is 15.9 Å². The van der Waals surface area contributed by atoms with Crippen molar-refractivity contribution in [3.05, 3.63) is 103 Å². The summed E-state index contributed by atoms with van der Waals surface area (Å²) in [6, 6.07) is 27.9. The van der Waals surface area contributed by atoms with Crippen molar-refractivity contribution in [2.24, 2.45) is 0 Å². The van der Waals surface area contributed by atoms with Crippen molar-refractivity contribution in [1.29, 1.82) is 0 Å². The molecule has 3 rings (SSSR count). The third kappa shape index (κ3) is 10.1. The first-order valence-electron chi connectivity index (χ1n) is 7.74. The summed E-state index contributed by atoms with van der Waals surface area (Å²) in [7, 11) is 0. The molecule has 0 saturated heterocycles. The van der Waals surface area contributed by atoms with Gasteiger partial charge >= 0.3 is 57.6 Å². The number of carbonyl (C=O) groups is 1. The average molecular weight is 621 g/mol. The number of halogens is 7. The van der Waals surface area contributed by atoms with E-state index in [9.17, 15) is 21.7 Å². The summed E-state index contributed by atoms with van der Waals surface area (Å²) in [6.45, 7) is 0. The van der Waals surface area contributed by atoms with Crippen LogP contribution in [0.25, 0.3) is 0 Å². The first-order valence-corrected chi connectivity index (χ1v) is 15.7. The standard InChI is InChI=1S/C19H14IO.6FH.Sb/c21-19(15-8-3-1-4-9-15)16-10-7-13-18(14-16)20-17-11-5-2-6-12-17;;;;;;;/h1-14H;6*1H;/q+1;;;;;;;+5/p-6. The van der Waals surface area contributed by atoms with Crippen LogP contribution in [0.4, 0.5) is 16.9 Å². The molecular formula is C19H14F6IOSb. The molecule has 0 atom stereocenters. The number of hydrogen-bond donors (Lipinski definition) is 0. The molecule has 0 aliphatic heterocycles. The van der Waals surface area contributed by atoms with E-state index in [2.05, 4.69) is 30.3 Å². The number of hydrogen-bond acceptors (Lipinski definition) is 1. The van der Waals surface area contributed by atoms with E-state index in [1.165, 1.54) is 7.14 Å². The molecule has 0 bridgehead atoms. The van der Waals surface area contributed by atoms with E-state index in [1.54, 1.807) is 0 Å². The number of carbonyl (C=O) groups excluding carboxylic acids is 1. The fraction of sp³-hybridized carbons (Fsp3) is 0. The molecule has 0 aliphatic rings. The zero-order valence-electron chi connectivity index (χ0n) is 14.1. The summed E-state index contributed by atoms with van der Waals surface area (Å²) < 4.78 is 62.2. The molecular weight excluding hydrogens is 607 g/mol. The molecule has 0 N–H and O–H groups in total. The van der Waals surface area contributed by atoms with Gasteiger partial charge in [0.2, 0.25) is 0 Å². The quantitative estimate of drug-likeness (QED) is 0.190. The van der Waals surface area contributed by atoms with Crippen molar-refractivity contribution in [3.8, 4) is 0 Å². The SMILES string of the molecule is O=C(c1ccccc1)c1cccc([I+]c2ccccc2)c1.[F][Sb-]([F])([F])([F])([F])[F]. The molecule has 0 heterocycles. The Bertz CT molecular complexity index is 933. The van der Waals surface area contributed by atoms with Crippen LogP contribution in [0, 0.1) is 7.14 Å². The Morgan fingerprint density at radius 3 is 1.57 bits per heavy atom. The molecule has 0 saturated carbocycles. The molecule has 0 aromatic heterocycles. The molecule has 150 valence electrons. The van der Waals surface area contributed by atoms with Crippen molar-refractivity contribution in [2.45, 2.75) is 0 Å². The monoisotopic (exact) mass is 620 g/mol. The molecule has 0 fully saturated rings. The molecule has 0 radical (unpaired) electrons. The van der Waals surface area contributed by atoms with Crippen LogP contribution in [0.5, 0.6) is 0 Å². The van der Waals surface area contributed by atoms with E-state index in [1.807, 2.05) is 54.6 Å². The Labute approximate surface area is 170 Å². The van der Waals surface area contributed by atoms with Gasteiger partial charge in [-0.05, 0) is 18.2 Å². The molecule has 3 aromatic rings. The van der Waals surface area contributed by atoms with Gasteiger partial charge in [0.25, 0.3) is 0 Å². The molecule has 1 nitrogen and oxygen atoms in total. The number of rotatable bonds is 4. The van der Waals surface area contributed by atoms with E-state index in [-0.39, 0.29) is 27.0 Å². The first kappa shape index (κ1) is 22.7. The van der Waals surface area contributed by atoms with Crippen LogP contribution < -0.4 is 21.2 Å². The van der Waals surface area contributed by atoms with Crippen LogP contribution in [0.15, 0.2) is 84.9 Å². The topological polar surface area (TPSA) is 17.1 Å².